The lowest BCUT2D eigenvalue weighted by molar-refractivity contribution is 0.0694. The highest BCUT2D eigenvalue weighted by Crippen LogP contribution is 2.43. The number of amidine groups is 1. The van der Waals surface area contributed by atoms with E-state index in [2.05, 4.69) is 10.3 Å². The van der Waals surface area contributed by atoms with Gasteiger partial charge in [-0.25, -0.2) is 9.18 Å². The van der Waals surface area contributed by atoms with E-state index in [-0.39, 0.29) is 48.4 Å². The van der Waals surface area contributed by atoms with Gasteiger partial charge in [0.25, 0.3) is 0 Å². The molecule has 2 aliphatic rings. The minimum absolute atomic E-state index is 0.0805. The number of nitrogens with two attached hydrogens (primary N) is 1. The normalized spacial score (nSPS) is 21.8. The quantitative estimate of drug-likeness (QED) is 0.269. The molecule has 170 valence electrons. The largest absolute Gasteiger partial charge is 0.487 e. The van der Waals surface area contributed by atoms with Crippen LogP contribution in [0.25, 0.3) is 10.9 Å². The van der Waals surface area contributed by atoms with Gasteiger partial charge in [0, 0.05) is 12.7 Å². The van der Waals surface area contributed by atoms with Gasteiger partial charge in [0.1, 0.15) is 30.3 Å². The minimum Gasteiger partial charge on any atom is -0.487 e. The number of oxime groups is 2. The first-order valence-corrected chi connectivity index (χ1v) is 9.96. The molecular weight excluding hydrogens is 425 g/mol. The molecule has 0 spiro atoms. The van der Waals surface area contributed by atoms with Crippen LogP contribution in [0.2, 0.25) is 0 Å². The van der Waals surface area contributed by atoms with Crippen LogP contribution < -0.4 is 20.8 Å². The number of carbonyl (C=O) groups is 1. The van der Waals surface area contributed by atoms with E-state index in [1.165, 1.54) is 6.20 Å². The highest BCUT2D eigenvalue weighted by molar-refractivity contribution is 6.10. The number of carboxylic acids is 1. The molecule has 32 heavy (non-hydrogen) atoms. The summed E-state index contributed by atoms with van der Waals surface area (Å²) in [4.78, 5) is 31.0. The number of aromatic nitrogens is 1. The molecule has 4 N–H and O–H groups in total. The van der Waals surface area contributed by atoms with Gasteiger partial charge in [-0.1, -0.05) is 10.3 Å². The molecule has 2 atom stereocenters. The molecule has 3 heterocycles. The molecule has 4 rings (SSSR count). The van der Waals surface area contributed by atoms with Gasteiger partial charge in [0.05, 0.1) is 35.1 Å². The standard InChI is InChI=1S/C20H22FN5O6/c1-3-32-24-14-7-25(5-11(14)19(22)23-30)16-13(21)4-10-15-18(16)31-8-9(2)26(15)6-12(17(10)27)20(28)29/h4,6,9,11,30H,3,5,7-8H2,1-2H3,(H2,22,23)(H,28,29)/b24-14-/t9-,11?/m0/s1. The fraction of sp³-hybridized carbons (Fsp3) is 0.400. The fourth-order valence-electron chi connectivity index (χ4n) is 4.10. The van der Waals surface area contributed by atoms with E-state index < -0.39 is 28.7 Å². The van der Waals surface area contributed by atoms with Gasteiger partial charge >= 0.3 is 5.97 Å². The monoisotopic (exact) mass is 447 g/mol. The lowest BCUT2D eigenvalue weighted by Gasteiger charge is -2.31. The minimum atomic E-state index is -1.39. The number of ether oxygens (including phenoxy) is 1. The zero-order chi connectivity index (χ0) is 23.2. The van der Waals surface area contributed by atoms with Gasteiger partial charge in [-0.3, -0.25) is 4.79 Å². The van der Waals surface area contributed by atoms with Crippen molar-refractivity contribution in [3.05, 3.63) is 33.9 Å². The number of hydrogen-bond donors (Lipinski definition) is 3. The number of benzene rings is 1. The number of halogens is 1. The second-order valence-corrected chi connectivity index (χ2v) is 7.64. The predicted octanol–water partition coefficient (Wildman–Crippen LogP) is 1.37. The van der Waals surface area contributed by atoms with Crippen molar-refractivity contribution < 1.29 is 29.1 Å². The molecule has 0 aliphatic carbocycles. The van der Waals surface area contributed by atoms with Crippen LogP contribution in [0, 0.1) is 11.7 Å². The third-order valence-electron chi connectivity index (χ3n) is 5.63. The molecule has 0 bridgehead atoms. The predicted molar refractivity (Wildman–Crippen MR) is 114 cm³/mol. The van der Waals surface area contributed by atoms with Gasteiger partial charge in [-0.05, 0) is 19.9 Å². The summed E-state index contributed by atoms with van der Waals surface area (Å²) < 4.78 is 22.8. The lowest BCUT2D eigenvalue weighted by Crippen LogP contribution is -2.31. The summed E-state index contributed by atoms with van der Waals surface area (Å²) in [6.45, 7) is 4.26. The van der Waals surface area contributed by atoms with Gasteiger partial charge in [0.15, 0.2) is 11.6 Å². The van der Waals surface area contributed by atoms with Crippen molar-refractivity contribution in [2.75, 3.05) is 31.2 Å². The zero-order valence-electron chi connectivity index (χ0n) is 17.4. The molecule has 11 nitrogen and oxygen atoms in total. The average molecular weight is 447 g/mol. The number of carboxylic acid groups (broad SMARTS) is 1. The Labute approximate surface area is 181 Å². The van der Waals surface area contributed by atoms with Gasteiger partial charge < -0.3 is 35.1 Å². The van der Waals surface area contributed by atoms with E-state index in [0.29, 0.717) is 17.8 Å². The molecule has 0 radical (unpaired) electrons. The van der Waals surface area contributed by atoms with Crippen LogP contribution in [0.3, 0.4) is 0 Å². The molecule has 0 amide bonds. The van der Waals surface area contributed by atoms with E-state index >= 15 is 4.39 Å². The third kappa shape index (κ3) is 3.27. The van der Waals surface area contributed by atoms with E-state index in [4.69, 9.17) is 20.5 Å². The number of nitrogens with zero attached hydrogens (tertiary/aromatic N) is 4. The van der Waals surface area contributed by atoms with Crippen molar-refractivity contribution in [1.29, 1.82) is 0 Å². The first-order valence-electron chi connectivity index (χ1n) is 9.96. The number of anilines is 1. The maximum atomic E-state index is 15.4. The van der Waals surface area contributed by atoms with Crippen LogP contribution in [0.1, 0.15) is 30.2 Å². The summed E-state index contributed by atoms with van der Waals surface area (Å²) in [5, 5.41) is 25.5. The van der Waals surface area contributed by atoms with E-state index in [9.17, 15) is 14.7 Å². The Morgan fingerprint density at radius 2 is 2.22 bits per heavy atom. The topological polar surface area (TPSA) is 152 Å². The highest BCUT2D eigenvalue weighted by atomic mass is 19.1. The molecule has 1 aromatic carbocycles. The van der Waals surface area contributed by atoms with Crippen LogP contribution in [0.15, 0.2) is 27.4 Å². The van der Waals surface area contributed by atoms with Crippen LogP contribution in [-0.4, -0.2) is 58.7 Å². The Kier molecular flexibility index (Phi) is 5.36. The molecule has 12 heteroatoms. The SMILES string of the molecule is CCO/N=C1/CN(c2c(F)cc3c(=O)c(C(=O)O)cn4c3c2OC[C@@H]4C)CC1/C(N)=N\O. The van der Waals surface area contributed by atoms with Crippen LogP contribution >= 0.6 is 0 Å². The van der Waals surface area contributed by atoms with Crippen molar-refractivity contribution in [2.45, 2.75) is 19.9 Å². The number of hydrogen-bond acceptors (Lipinski definition) is 8. The third-order valence-corrected chi connectivity index (χ3v) is 5.63. The Bertz CT molecular complexity index is 1220. The molecular formula is C20H22FN5O6. The summed E-state index contributed by atoms with van der Waals surface area (Å²) in [7, 11) is 0. The van der Waals surface area contributed by atoms with Crippen molar-refractivity contribution in [3.63, 3.8) is 0 Å². The average Bonchev–Trinajstić information content (AvgIpc) is 3.18. The number of pyridine rings is 1. The van der Waals surface area contributed by atoms with Crippen molar-refractivity contribution in [2.24, 2.45) is 22.0 Å². The van der Waals surface area contributed by atoms with Gasteiger partial charge in [-0.15, -0.1) is 0 Å². The van der Waals surface area contributed by atoms with E-state index in [1.807, 2.05) is 0 Å². The highest BCUT2D eigenvalue weighted by Gasteiger charge is 2.38. The maximum Gasteiger partial charge on any atom is 0.341 e. The molecule has 2 aliphatic heterocycles. The van der Waals surface area contributed by atoms with Gasteiger partial charge in [-0.2, -0.15) is 0 Å². The smallest absolute Gasteiger partial charge is 0.341 e. The Hall–Kier alpha value is -3.83. The molecule has 2 aromatic rings. The number of aromatic carboxylic acids is 1. The van der Waals surface area contributed by atoms with Crippen molar-refractivity contribution in [3.8, 4) is 5.75 Å². The van der Waals surface area contributed by atoms with Crippen LogP contribution in [-0.2, 0) is 4.84 Å². The molecule has 0 saturated carbocycles. The summed E-state index contributed by atoms with van der Waals surface area (Å²) in [6, 6.07) is 0.748. The van der Waals surface area contributed by atoms with Gasteiger partial charge in [0.2, 0.25) is 5.43 Å². The Morgan fingerprint density at radius 3 is 2.88 bits per heavy atom. The summed E-state index contributed by atoms with van der Waals surface area (Å²) in [5.74, 6) is -2.73. The number of rotatable bonds is 5. The molecule has 1 fully saturated rings. The zero-order valence-corrected chi connectivity index (χ0v) is 17.4. The van der Waals surface area contributed by atoms with E-state index in [0.717, 1.165) is 6.07 Å². The van der Waals surface area contributed by atoms with Crippen LogP contribution in [0.5, 0.6) is 5.75 Å². The molecule has 1 unspecified atom stereocenters. The summed E-state index contributed by atoms with van der Waals surface area (Å²) in [6.07, 6.45) is 1.26. The van der Waals surface area contributed by atoms with Crippen molar-refractivity contribution >= 4 is 34.1 Å². The van der Waals surface area contributed by atoms with Crippen molar-refractivity contribution in [1.82, 2.24) is 4.57 Å². The Balaban J connectivity index is 1.92. The fourth-order valence-corrected chi connectivity index (χ4v) is 4.10. The summed E-state index contributed by atoms with van der Waals surface area (Å²) >= 11 is 0. The van der Waals surface area contributed by atoms with Crippen LogP contribution in [0.4, 0.5) is 10.1 Å². The first-order chi connectivity index (χ1) is 15.3. The lowest BCUT2D eigenvalue weighted by atomic mass is 10.1. The maximum absolute atomic E-state index is 15.4. The molecule has 1 saturated heterocycles. The Morgan fingerprint density at radius 1 is 1.47 bits per heavy atom. The second kappa shape index (κ2) is 8.02. The second-order valence-electron chi connectivity index (χ2n) is 7.64. The van der Waals surface area contributed by atoms with E-state index in [1.54, 1.807) is 23.3 Å². The molecule has 1 aromatic heterocycles. The first kappa shape index (κ1) is 21.4. The summed E-state index contributed by atoms with van der Waals surface area (Å²) in [5.41, 5.74) is 5.41.